The summed E-state index contributed by atoms with van der Waals surface area (Å²) >= 11 is 5.99. The van der Waals surface area contributed by atoms with Gasteiger partial charge in [0.25, 0.3) is 5.91 Å². The van der Waals surface area contributed by atoms with E-state index in [4.69, 9.17) is 16.7 Å². The van der Waals surface area contributed by atoms with Crippen LogP contribution in [0, 0.1) is 5.92 Å². The Morgan fingerprint density at radius 1 is 1.50 bits per heavy atom. The van der Waals surface area contributed by atoms with Crippen molar-refractivity contribution in [3.8, 4) is 0 Å². The molecule has 1 aromatic heterocycles. The maximum absolute atomic E-state index is 12.4. The summed E-state index contributed by atoms with van der Waals surface area (Å²) in [6.07, 6.45) is 5.65. The lowest BCUT2D eigenvalue weighted by Gasteiger charge is -2.32. The van der Waals surface area contributed by atoms with Crippen molar-refractivity contribution in [3.05, 3.63) is 29.0 Å². The van der Waals surface area contributed by atoms with E-state index in [9.17, 15) is 9.59 Å². The number of halogens is 1. The fourth-order valence-electron chi connectivity index (χ4n) is 2.53. The van der Waals surface area contributed by atoms with Gasteiger partial charge in [-0.2, -0.15) is 0 Å². The number of carbonyl (C=O) groups is 2. The largest absolute Gasteiger partial charge is 0.481 e. The highest BCUT2D eigenvalue weighted by Gasteiger charge is 2.25. The Hall–Kier alpha value is -1.62. The molecular weight excluding hydrogens is 280 g/mol. The summed E-state index contributed by atoms with van der Waals surface area (Å²) in [6, 6.07) is 1.62. The molecule has 0 spiro atoms. The minimum atomic E-state index is -0.786. The van der Waals surface area contributed by atoms with Crippen molar-refractivity contribution < 1.29 is 14.7 Å². The number of hydrogen-bond acceptors (Lipinski definition) is 3. The van der Waals surface area contributed by atoms with E-state index in [1.807, 2.05) is 0 Å². The minimum absolute atomic E-state index is 0.0996. The lowest BCUT2D eigenvalue weighted by molar-refractivity contribution is -0.137. The van der Waals surface area contributed by atoms with Crippen LogP contribution in [0.25, 0.3) is 0 Å². The van der Waals surface area contributed by atoms with Gasteiger partial charge < -0.3 is 10.0 Å². The Morgan fingerprint density at radius 2 is 2.30 bits per heavy atom. The second-order valence-corrected chi connectivity index (χ2v) is 5.45. The van der Waals surface area contributed by atoms with Crippen LogP contribution in [0.15, 0.2) is 18.5 Å². The predicted molar refractivity (Wildman–Crippen MR) is 74.7 cm³/mol. The molecule has 1 aliphatic heterocycles. The summed E-state index contributed by atoms with van der Waals surface area (Å²) in [5.74, 6) is -0.632. The third-order valence-electron chi connectivity index (χ3n) is 3.58. The zero-order valence-electron chi connectivity index (χ0n) is 11.1. The molecule has 0 unspecified atom stereocenters. The standard InChI is InChI=1S/C14H17ClN2O3/c15-12-8-16-6-5-11(12)14(20)17-7-1-2-10(9-17)3-4-13(18)19/h5-6,8,10H,1-4,7,9H2,(H,18,19)/t10-/m0/s1. The number of aliphatic carboxylic acids is 1. The number of pyridine rings is 1. The van der Waals surface area contributed by atoms with Crippen LogP contribution in [0.2, 0.25) is 5.02 Å². The van der Waals surface area contributed by atoms with Gasteiger partial charge in [-0.25, -0.2) is 0 Å². The maximum atomic E-state index is 12.4. The molecule has 0 bridgehead atoms. The maximum Gasteiger partial charge on any atom is 0.303 e. The fourth-order valence-corrected chi connectivity index (χ4v) is 2.73. The average Bonchev–Trinajstić information content (AvgIpc) is 2.45. The summed E-state index contributed by atoms with van der Waals surface area (Å²) in [5, 5.41) is 9.08. The highest BCUT2D eigenvalue weighted by molar-refractivity contribution is 6.33. The second kappa shape index (κ2) is 6.70. The Bertz CT molecular complexity index is 507. The normalized spacial score (nSPS) is 18.9. The molecule has 6 heteroatoms. The predicted octanol–water partition coefficient (Wildman–Crippen LogP) is 2.45. The lowest BCUT2D eigenvalue weighted by Crippen LogP contribution is -2.40. The molecule has 0 aromatic carbocycles. The van der Waals surface area contributed by atoms with Gasteiger partial charge in [-0.3, -0.25) is 14.6 Å². The van der Waals surface area contributed by atoms with Crippen LogP contribution in [0.5, 0.6) is 0 Å². The summed E-state index contributed by atoms with van der Waals surface area (Å²) < 4.78 is 0. The van der Waals surface area contributed by atoms with E-state index in [2.05, 4.69) is 4.98 Å². The number of rotatable bonds is 4. The van der Waals surface area contributed by atoms with Gasteiger partial charge in [0.15, 0.2) is 0 Å². The molecule has 0 radical (unpaired) electrons. The molecule has 5 nitrogen and oxygen atoms in total. The summed E-state index contributed by atoms with van der Waals surface area (Å²) in [5.41, 5.74) is 0.459. The molecule has 1 fully saturated rings. The van der Waals surface area contributed by atoms with Gasteiger partial charge in [0.05, 0.1) is 10.6 Å². The second-order valence-electron chi connectivity index (χ2n) is 5.05. The van der Waals surface area contributed by atoms with Crippen LogP contribution < -0.4 is 0 Å². The number of carbonyl (C=O) groups excluding carboxylic acids is 1. The van der Waals surface area contributed by atoms with E-state index in [0.29, 0.717) is 30.1 Å². The monoisotopic (exact) mass is 296 g/mol. The molecule has 20 heavy (non-hydrogen) atoms. The van der Waals surface area contributed by atoms with Gasteiger partial charge in [0.2, 0.25) is 0 Å². The SMILES string of the molecule is O=C(O)CC[C@@H]1CCCN(C(=O)c2ccncc2Cl)C1. The first kappa shape index (κ1) is 14.8. The lowest BCUT2D eigenvalue weighted by atomic mass is 9.93. The van der Waals surface area contributed by atoms with Crippen LogP contribution in [0.3, 0.4) is 0 Å². The molecule has 1 aliphatic rings. The molecule has 1 amide bonds. The Kier molecular flexibility index (Phi) is 4.95. The number of hydrogen-bond donors (Lipinski definition) is 1. The van der Waals surface area contributed by atoms with E-state index in [1.54, 1.807) is 17.2 Å². The first-order valence-corrected chi connectivity index (χ1v) is 7.06. The Morgan fingerprint density at radius 3 is 3.00 bits per heavy atom. The van der Waals surface area contributed by atoms with Crippen molar-refractivity contribution in [1.82, 2.24) is 9.88 Å². The van der Waals surface area contributed by atoms with Crippen LogP contribution >= 0.6 is 11.6 Å². The number of carboxylic acids is 1. The number of nitrogens with zero attached hydrogens (tertiary/aromatic N) is 2. The van der Waals surface area contributed by atoms with Gasteiger partial charge in [-0.15, -0.1) is 0 Å². The zero-order chi connectivity index (χ0) is 14.5. The van der Waals surface area contributed by atoms with Gasteiger partial charge in [0.1, 0.15) is 0 Å². The summed E-state index contributed by atoms with van der Waals surface area (Å²) in [4.78, 5) is 28.6. The van der Waals surface area contributed by atoms with Crippen molar-refractivity contribution in [2.24, 2.45) is 5.92 Å². The molecule has 0 saturated carbocycles. The van der Waals surface area contributed by atoms with E-state index in [1.165, 1.54) is 6.20 Å². The number of aromatic nitrogens is 1. The molecule has 2 heterocycles. The van der Waals surface area contributed by atoms with Crippen molar-refractivity contribution >= 4 is 23.5 Å². The zero-order valence-corrected chi connectivity index (χ0v) is 11.8. The highest BCUT2D eigenvalue weighted by Crippen LogP contribution is 2.24. The van der Waals surface area contributed by atoms with Crippen molar-refractivity contribution in [3.63, 3.8) is 0 Å². The summed E-state index contributed by atoms with van der Waals surface area (Å²) in [7, 11) is 0. The van der Waals surface area contributed by atoms with Crippen LogP contribution in [-0.2, 0) is 4.79 Å². The van der Waals surface area contributed by atoms with Crippen molar-refractivity contribution in [2.45, 2.75) is 25.7 Å². The molecule has 0 aliphatic carbocycles. The molecule has 1 saturated heterocycles. The van der Waals surface area contributed by atoms with Gasteiger partial charge in [0, 0.05) is 31.9 Å². The quantitative estimate of drug-likeness (QED) is 0.926. The Labute approximate surface area is 122 Å². The van der Waals surface area contributed by atoms with E-state index in [-0.39, 0.29) is 18.2 Å². The topological polar surface area (TPSA) is 70.5 Å². The van der Waals surface area contributed by atoms with Crippen molar-refractivity contribution in [1.29, 1.82) is 0 Å². The third-order valence-corrected chi connectivity index (χ3v) is 3.88. The fraction of sp³-hybridized carbons (Fsp3) is 0.500. The van der Waals surface area contributed by atoms with E-state index >= 15 is 0 Å². The van der Waals surface area contributed by atoms with Crippen LogP contribution in [0.1, 0.15) is 36.0 Å². The van der Waals surface area contributed by atoms with Gasteiger partial charge in [-0.05, 0) is 31.2 Å². The molecule has 1 aromatic rings. The van der Waals surface area contributed by atoms with Crippen molar-refractivity contribution in [2.75, 3.05) is 13.1 Å². The average molecular weight is 297 g/mol. The Balaban J connectivity index is 2.00. The molecule has 1 atom stereocenters. The molecule has 2 rings (SSSR count). The van der Waals surface area contributed by atoms with E-state index < -0.39 is 5.97 Å². The van der Waals surface area contributed by atoms with E-state index in [0.717, 1.165) is 12.8 Å². The minimum Gasteiger partial charge on any atom is -0.481 e. The molecule has 108 valence electrons. The van der Waals surface area contributed by atoms with Gasteiger partial charge >= 0.3 is 5.97 Å². The first-order chi connectivity index (χ1) is 9.58. The number of piperidine rings is 1. The smallest absolute Gasteiger partial charge is 0.303 e. The third kappa shape index (κ3) is 3.70. The van der Waals surface area contributed by atoms with Crippen LogP contribution in [0.4, 0.5) is 0 Å². The van der Waals surface area contributed by atoms with Crippen LogP contribution in [-0.4, -0.2) is 40.0 Å². The molecule has 1 N–H and O–H groups in total. The number of amides is 1. The number of likely N-dealkylation sites (tertiary alicyclic amines) is 1. The highest BCUT2D eigenvalue weighted by atomic mass is 35.5. The van der Waals surface area contributed by atoms with Gasteiger partial charge in [-0.1, -0.05) is 11.6 Å². The summed E-state index contributed by atoms with van der Waals surface area (Å²) in [6.45, 7) is 1.30. The molecular formula is C14H17ClN2O3. The first-order valence-electron chi connectivity index (χ1n) is 6.68. The number of carboxylic acid groups (broad SMARTS) is 1.